The Balaban J connectivity index is 0.000000166. The van der Waals surface area contributed by atoms with Crippen LogP contribution in [0.15, 0.2) is 23.3 Å². The van der Waals surface area contributed by atoms with Crippen molar-refractivity contribution in [3.8, 4) is 0 Å². The van der Waals surface area contributed by atoms with Gasteiger partial charge in [-0.1, -0.05) is 28.2 Å². The summed E-state index contributed by atoms with van der Waals surface area (Å²) in [5.74, 6) is -5.48. The molecule has 8 heterocycles. The van der Waals surface area contributed by atoms with E-state index >= 15 is 0 Å². The lowest BCUT2D eigenvalue weighted by Crippen LogP contribution is -2.78. The van der Waals surface area contributed by atoms with Gasteiger partial charge in [0.15, 0.2) is 35.7 Å². The van der Waals surface area contributed by atoms with Gasteiger partial charge in [0, 0.05) is 73.5 Å². The highest BCUT2D eigenvalue weighted by Gasteiger charge is 2.80. The maximum atomic E-state index is 13.2. The average Bonchev–Trinajstić information content (AvgIpc) is 1.14. The van der Waals surface area contributed by atoms with Crippen LogP contribution in [-0.2, 0) is 85.4 Å². The third-order valence-electron chi connectivity index (χ3n) is 28.3. The zero-order valence-corrected chi connectivity index (χ0v) is 59.3. The summed E-state index contributed by atoms with van der Waals surface area (Å²) in [7, 11) is 1.61. The van der Waals surface area contributed by atoms with Crippen LogP contribution in [0.25, 0.3) is 0 Å². The number of methoxy groups -OCH3 is 1. The highest BCUT2D eigenvalue weighted by atomic mass is 16.8. The minimum absolute atomic E-state index is 0. The predicted octanol–water partition coefficient (Wildman–Crippen LogP) is 6.70. The Bertz CT molecular complexity index is 3120. The highest BCUT2D eigenvalue weighted by Crippen LogP contribution is 2.75. The second-order valence-electron chi connectivity index (χ2n) is 35.0. The van der Waals surface area contributed by atoms with E-state index < -0.39 is 141 Å². The molecule has 0 aromatic carbocycles. The smallest absolute Gasteiger partial charge is 0.331 e. The normalized spacial score (nSPS) is 54.1. The number of carbonyl (C=O) groups excluding carboxylic acids is 2. The molecule has 0 radical (unpaired) electrons. The van der Waals surface area contributed by atoms with Crippen molar-refractivity contribution in [3.63, 3.8) is 0 Å². The number of aliphatic hydroxyl groups excluding tert-OH is 2. The van der Waals surface area contributed by atoms with Gasteiger partial charge in [-0.25, -0.2) is 9.59 Å². The molecule has 6 saturated heterocycles. The topological polar surface area (TPSA) is 303 Å². The van der Waals surface area contributed by atoms with E-state index in [-0.39, 0.29) is 119 Å². The van der Waals surface area contributed by atoms with Crippen LogP contribution in [0.5, 0.6) is 0 Å². The molecule has 8 aliphatic carbocycles. The molecule has 8 aliphatic heterocycles. The van der Waals surface area contributed by atoms with Crippen molar-refractivity contribution < 1.29 is 116 Å². The fourth-order valence-corrected chi connectivity index (χ4v) is 24.0. The molecule has 4 unspecified atom stereocenters. The van der Waals surface area contributed by atoms with Gasteiger partial charge in [0.2, 0.25) is 0 Å². The Labute approximate surface area is 577 Å². The van der Waals surface area contributed by atoms with Gasteiger partial charge in [0.1, 0.15) is 44.4 Å². The zero-order valence-electron chi connectivity index (χ0n) is 59.3. The van der Waals surface area contributed by atoms with E-state index in [9.17, 15) is 40.2 Å². The Kier molecular flexibility index (Phi) is 18.0. The molecule has 2 spiro atoms. The van der Waals surface area contributed by atoms with Crippen molar-refractivity contribution in [3.05, 3.63) is 23.3 Å². The van der Waals surface area contributed by atoms with Gasteiger partial charge in [-0.15, -0.1) is 0 Å². The summed E-state index contributed by atoms with van der Waals surface area (Å²) in [6.45, 7) is 26.1. The van der Waals surface area contributed by atoms with Gasteiger partial charge in [-0.05, 0) is 168 Å². The Morgan fingerprint density at radius 3 is 1.47 bits per heavy atom. The van der Waals surface area contributed by atoms with Gasteiger partial charge in [-0.3, -0.25) is 0 Å². The third-order valence-corrected chi connectivity index (χ3v) is 28.3. The summed E-state index contributed by atoms with van der Waals surface area (Å²) in [5.41, 5.74) is -6.07. The van der Waals surface area contributed by atoms with E-state index in [0.29, 0.717) is 77.0 Å². The van der Waals surface area contributed by atoms with Gasteiger partial charge in [-0.2, -0.15) is 0 Å². The molecule has 14 fully saturated rings. The summed E-state index contributed by atoms with van der Waals surface area (Å²) >= 11 is 0. The highest BCUT2D eigenvalue weighted by molar-refractivity contribution is 5.86. The molecule has 16 aliphatic rings. The lowest BCUT2D eigenvalue weighted by Gasteiger charge is -2.71. The Morgan fingerprint density at radius 1 is 0.531 bits per heavy atom. The molecule has 8 saturated carbocycles. The van der Waals surface area contributed by atoms with Gasteiger partial charge < -0.3 is 106 Å². The molecule has 30 atom stereocenters. The molecule has 24 nitrogen and oxygen atoms in total. The average molecular weight is 1390 g/mol. The fourth-order valence-electron chi connectivity index (χ4n) is 24.0. The van der Waals surface area contributed by atoms with Crippen LogP contribution in [0.1, 0.15) is 187 Å². The molecule has 24 heteroatoms. The van der Waals surface area contributed by atoms with Crippen LogP contribution in [-0.4, -0.2) is 220 Å². The number of esters is 2. The summed E-state index contributed by atoms with van der Waals surface area (Å²) in [6, 6.07) is 0. The number of fused-ring (bicyclic) bond motifs is 8. The molecule has 0 aromatic rings. The molecule has 6 N–H and O–H groups in total. The standard InChI is InChI=1S/C38H58O12.C35H52O12.CH4/c1-20-21(2)46-32(31-30(20)49-34(5,6)50-31)47-23-14-27-37(18-45-33(3,4)48-27)29-25(9-11-36(37,40)15-23)38(41)12-10-24(22-13-28(39)43-17-22)35(38,7)16-26(29)44-19-42-8;1-17-26(38)27-28(47-31(4,5)46-27)29(43-17)44-19-12-23-34(16-42-30(2,3)45-23)25-21(7-9-33(34,39)13-19)35(40)10-8-20(18-11-24(37)41-15-18)32(35,6)14-22(25)36;/h13,20-21,23-27,29-32,40-41H,9-12,14-19H2,1-8H3;11,17,19-23,25-29,36,38-40H,7-10,12-16H2,1-6H3;1H4/t20-,21-,23-,24+,25?,26+,27+,29?,30+,31+,32-,35+,36-,37+,38-;17-,19-,20+,21?,22+,23+,25?,26-,27+,28+,29-,32+,33-,34+,35-;/m00./s1. The minimum atomic E-state index is -1.33. The van der Waals surface area contributed by atoms with E-state index in [1.807, 2.05) is 48.5 Å². The maximum absolute atomic E-state index is 13.2. The van der Waals surface area contributed by atoms with Crippen LogP contribution in [0.3, 0.4) is 0 Å². The number of aliphatic hydroxyl groups is 6. The number of hydrogen-bond acceptors (Lipinski definition) is 24. The van der Waals surface area contributed by atoms with Crippen molar-refractivity contribution >= 4 is 11.9 Å². The summed E-state index contributed by atoms with van der Waals surface area (Å²) < 4.78 is 100. The lowest BCUT2D eigenvalue weighted by atomic mass is 9.40. The maximum Gasteiger partial charge on any atom is 0.331 e. The number of ether oxygens (including phenoxy) is 16. The monoisotopic (exact) mass is 1390 g/mol. The van der Waals surface area contributed by atoms with Gasteiger partial charge >= 0.3 is 11.9 Å². The predicted molar refractivity (Wildman–Crippen MR) is 345 cm³/mol. The van der Waals surface area contributed by atoms with Crippen molar-refractivity contribution in [1.82, 2.24) is 0 Å². The van der Waals surface area contributed by atoms with Crippen LogP contribution >= 0.6 is 0 Å². The second-order valence-corrected chi connectivity index (χ2v) is 35.0. The third kappa shape index (κ3) is 10.9. The summed E-state index contributed by atoms with van der Waals surface area (Å²) in [6.07, 6.45) is 2.06. The molecular formula is C74H114O24. The summed E-state index contributed by atoms with van der Waals surface area (Å²) in [5, 5.41) is 74.9. The van der Waals surface area contributed by atoms with Gasteiger partial charge in [0.05, 0.1) is 101 Å². The summed E-state index contributed by atoms with van der Waals surface area (Å²) in [4.78, 5) is 24.2. The number of carbonyl (C=O) groups is 2. The van der Waals surface area contributed by atoms with Crippen LogP contribution < -0.4 is 0 Å². The van der Waals surface area contributed by atoms with E-state index in [1.165, 1.54) is 0 Å². The molecule has 554 valence electrons. The minimum Gasteiger partial charge on any atom is -0.458 e. The first-order chi connectivity index (χ1) is 45.4. The van der Waals surface area contributed by atoms with E-state index in [1.54, 1.807) is 40.0 Å². The number of hydrogen-bond donors (Lipinski definition) is 6. The van der Waals surface area contributed by atoms with Crippen molar-refractivity contribution in [2.45, 2.75) is 325 Å². The first-order valence-corrected chi connectivity index (χ1v) is 36.5. The molecule has 0 bridgehead atoms. The van der Waals surface area contributed by atoms with Crippen molar-refractivity contribution in [1.29, 1.82) is 0 Å². The Hall–Kier alpha value is -2.38. The zero-order chi connectivity index (χ0) is 69.2. The second kappa shape index (κ2) is 24.3. The number of rotatable bonds is 9. The van der Waals surface area contributed by atoms with Crippen molar-refractivity contribution in [2.24, 2.45) is 63.1 Å². The lowest BCUT2D eigenvalue weighted by molar-refractivity contribution is -0.409. The van der Waals surface area contributed by atoms with Crippen LogP contribution in [0, 0.1) is 63.1 Å². The van der Waals surface area contributed by atoms with Crippen molar-refractivity contribution in [2.75, 3.05) is 40.3 Å². The van der Waals surface area contributed by atoms with Gasteiger partial charge in [0.25, 0.3) is 0 Å². The number of cyclic esters (lactones) is 2. The molecule has 0 amide bonds. The largest absolute Gasteiger partial charge is 0.458 e. The fraction of sp³-hybridized carbons (Fsp3) is 0.919. The SMILES string of the molecule is C.COCO[C@@H]1C[C@]2(C)[C@@H](C3=CC(=O)OC3)CC[C@]2(O)C2CC[C@]3(O)C[C@@H](O[C@@H]4O[C@@H](C)[C@H](C)[C@H]5OC(C)(C)O[C@@H]45)C[C@H]4OC(C)(C)OC[C@]43C21.C[C@@H]1O[C@@H](O[C@H]2C[C@H]3OC(C)(C)OC[C@]34C3C(CC[C@]4(O)C2)[C@@]2(O)CC[C@H](C4=CC(=O)OC4)[C@@]2(C)C[C@H]3O)[C@@H]2OC(C)(C)O[C@@H]2[C@H]1O. The molecule has 0 aromatic heterocycles. The quantitative estimate of drug-likeness (QED) is 0.0794. The molecular weight excluding hydrogens is 1270 g/mol. The van der Waals surface area contributed by atoms with E-state index in [0.717, 1.165) is 17.6 Å². The van der Waals surface area contributed by atoms with E-state index in [4.69, 9.17) is 75.8 Å². The van der Waals surface area contributed by atoms with Crippen LogP contribution in [0.2, 0.25) is 0 Å². The first-order valence-electron chi connectivity index (χ1n) is 36.5. The Morgan fingerprint density at radius 2 is 0.980 bits per heavy atom. The van der Waals surface area contributed by atoms with E-state index in [2.05, 4.69) is 20.8 Å². The van der Waals surface area contributed by atoms with Crippen LogP contribution in [0.4, 0.5) is 0 Å². The molecule has 16 rings (SSSR count). The first kappa shape index (κ1) is 72.6. The molecule has 98 heavy (non-hydrogen) atoms.